The number of aromatic nitrogens is 7. The number of sulfone groups is 1. The Morgan fingerprint density at radius 2 is 1.84 bits per heavy atom. The molecular formula is C26H28N8O3S. The lowest BCUT2D eigenvalue weighted by molar-refractivity contribution is 0.313. The van der Waals surface area contributed by atoms with Crippen LogP contribution in [0.5, 0.6) is 0 Å². The zero-order valence-corrected chi connectivity index (χ0v) is 22.1. The second-order valence-corrected chi connectivity index (χ2v) is 12.1. The maximum absolute atomic E-state index is 13.6. The highest BCUT2D eigenvalue weighted by Gasteiger charge is 2.31. The van der Waals surface area contributed by atoms with Crippen LogP contribution in [0.3, 0.4) is 0 Å². The molecule has 0 radical (unpaired) electrons. The van der Waals surface area contributed by atoms with Crippen molar-refractivity contribution in [3.05, 3.63) is 58.3 Å². The molecule has 1 N–H and O–H groups in total. The Balaban J connectivity index is 1.37. The number of nitrogens with zero attached hydrogens (tertiary/aromatic N) is 7. The van der Waals surface area contributed by atoms with Gasteiger partial charge >= 0.3 is 0 Å². The van der Waals surface area contributed by atoms with Crippen LogP contribution in [0.25, 0.3) is 22.6 Å². The lowest BCUT2D eigenvalue weighted by Gasteiger charge is -2.28. The monoisotopic (exact) mass is 532 g/mol. The summed E-state index contributed by atoms with van der Waals surface area (Å²) < 4.78 is 25.8. The first kappa shape index (κ1) is 24.5. The molecule has 0 amide bonds. The van der Waals surface area contributed by atoms with Crippen LogP contribution in [-0.2, 0) is 16.4 Å². The van der Waals surface area contributed by atoms with Crippen molar-refractivity contribution in [1.82, 2.24) is 34.5 Å². The van der Waals surface area contributed by atoms with Crippen molar-refractivity contribution in [3.8, 4) is 11.4 Å². The summed E-state index contributed by atoms with van der Waals surface area (Å²) in [7, 11) is -3.33. The molecule has 4 aromatic heterocycles. The SMILES string of the molecule is CCS(=O)(=O)c1ccc(CNc2nc3cnc(-c4c(C)ncnc4C4CC4)nc3n(C3CCC3)c2=O)nc1. The molecule has 0 saturated heterocycles. The van der Waals surface area contributed by atoms with Gasteiger partial charge in [-0.2, -0.15) is 0 Å². The molecule has 6 rings (SSSR count). The van der Waals surface area contributed by atoms with E-state index in [1.165, 1.54) is 12.3 Å². The molecule has 11 nitrogen and oxygen atoms in total. The van der Waals surface area contributed by atoms with Crippen molar-refractivity contribution in [2.45, 2.75) is 69.4 Å². The van der Waals surface area contributed by atoms with Crippen molar-refractivity contribution >= 4 is 26.8 Å². The van der Waals surface area contributed by atoms with Gasteiger partial charge in [0.1, 0.15) is 11.8 Å². The number of nitrogens with one attached hydrogen (secondary N) is 1. The number of aryl methyl sites for hydroxylation is 1. The van der Waals surface area contributed by atoms with E-state index in [4.69, 9.17) is 4.98 Å². The maximum atomic E-state index is 13.6. The summed E-state index contributed by atoms with van der Waals surface area (Å²) >= 11 is 0. The molecule has 4 aromatic rings. The summed E-state index contributed by atoms with van der Waals surface area (Å²) in [5.74, 6) is 1.11. The second kappa shape index (κ2) is 9.50. The molecule has 196 valence electrons. The number of pyridine rings is 1. The van der Waals surface area contributed by atoms with E-state index in [1.807, 2.05) is 6.92 Å². The van der Waals surface area contributed by atoms with Gasteiger partial charge in [0.2, 0.25) is 0 Å². The zero-order chi connectivity index (χ0) is 26.4. The smallest absolute Gasteiger partial charge is 0.295 e. The van der Waals surface area contributed by atoms with Crippen LogP contribution >= 0.6 is 0 Å². The van der Waals surface area contributed by atoms with Gasteiger partial charge in [0.25, 0.3) is 5.56 Å². The highest BCUT2D eigenvalue weighted by Crippen LogP contribution is 2.43. The first-order valence-corrected chi connectivity index (χ1v) is 14.5. The van der Waals surface area contributed by atoms with Gasteiger partial charge in [-0.1, -0.05) is 6.92 Å². The number of anilines is 1. The third-order valence-corrected chi connectivity index (χ3v) is 9.02. The van der Waals surface area contributed by atoms with Gasteiger partial charge in [-0.25, -0.2) is 33.3 Å². The van der Waals surface area contributed by atoms with Gasteiger partial charge < -0.3 is 5.32 Å². The van der Waals surface area contributed by atoms with E-state index in [0.29, 0.717) is 28.6 Å². The van der Waals surface area contributed by atoms with Crippen molar-refractivity contribution < 1.29 is 8.42 Å². The lowest BCUT2D eigenvalue weighted by Crippen LogP contribution is -2.32. The molecule has 12 heteroatoms. The van der Waals surface area contributed by atoms with Gasteiger partial charge in [-0.3, -0.25) is 14.3 Å². The fraction of sp³-hybridized carbons (Fsp3) is 0.423. The quantitative estimate of drug-likeness (QED) is 0.358. The average Bonchev–Trinajstić information content (AvgIpc) is 3.74. The fourth-order valence-electron chi connectivity index (χ4n) is 4.70. The molecule has 0 unspecified atom stereocenters. The summed E-state index contributed by atoms with van der Waals surface area (Å²) in [5.41, 5.74) is 3.98. The topological polar surface area (TPSA) is 146 Å². The maximum Gasteiger partial charge on any atom is 0.295 e. The van der Waals surface area contributed by atoms with E-state index in [2.05, 4.69) is 30.2 Å². The predicted molar refractivity (Wildman–Crippen MR) is 142 cm³/mol. The summed E-state index contributed by atoms with van der Waals surface area (Å²) in [4.78, 5) is 41.0. The van der Waals surface area contributed by atoms with Crippen LogP contribution in [-0.4, -0.2) is 48.6 Å². The molecule has 2 saturated carbocycles. The van der Waals surface area contributed by atoms with Crippen LogP contribution in [0.2, 0.25) is 0 Å². The second-order valence-electron chi connectivity index (χ2n) is 9.86. The molecule has 0 aliphatic heterocycles. The Kier molecular flexibility index (Phi) is 6.13. The molecule has 2 aliphatic rings. The van der Waals surface area contributed by atoms with Crippen LogP contribution < -0.4 is 10.9 Å². The minimum Gasteiger partial charge on any atom is -0.360 e. The van der Waals surface area contributed by atoms with Gasteiger partial charge in [0.05, 0.1) is 46.0 Å². The van der Waals surface area contributed by atoms with E-state index in [9.17, 15) is 13.2 Å². The average molecular weight is 533 g/mol. The van der Waals surface area contributed by atoms with Crippen LogP contribution in [0.15, 0.2) is 40.5 Å². The molecule has 2 fully saturated rings. The zero-order valence-electron chi connectivity index (χ0n) is 21.3. The molecule has 0 atom stereocenters. The van der Waals surface area contributed by atoms with E-state index < -0.39 is 9.84 Å². The Morgan fingerprint density at radius 3 is 2.50 bits per heavy atom. The van der Waals surface area contributed by atoms with E-state index in [-0.39, 0.29) is 34.6 Å². The molecule has 0 bridgehead atoms. The van der Waals surface area contributed by atoms with E-state index in [0.717, 1.165) is 49.1 Å². The number of hydrogen-bond acceptors (Lipinski definition) is 10. The van der Waals surface area contributed by atoms with Crippen LogP contribution in [0, 0.1) is 6.92 Å². The van der Waals surface area contributed by atoms with Crippen molar-refractivity contribution in [2.75, 3.05) is 11.1 Å². The normalized spacial score (nSPS) is 15.9. The van der Waals surface area contributed by atoms with Gasteiger partial charge in [0, 0.05) is 18.2 Å². The number of fused-ring (bicyclic) bond motifs is 1. The third-order valence-electron chi connectivity index (χ3n) is 7.30. The third kappa shape index (κ3) is 4.42. The molecule has 2 aliphatic carbocycles. The summed E-state index contributed by atoms with van der Waals surface area (Å²) in [6.45, 7) is 3.74. The van der Waals surface area contributed by atoms with Gasteiger partial charge in [-0.05, 0) is 51.2 Å². The molecule has 0 spiro atoms. The van der Waals surface area contributed by atoms with Crippen LogP contribution in [0.1, 0.15) is 68.1 Å². The number of hydrogen-bond donors (Lipinski definition) is 1. The van der Waals surface area contributed by atoms with Gasteiger partial charge in [0.15, 0.2) is 27.1 Å². The largest absolute Gasteiger partial charge is 0.360 e. The van der Waals surface area contributed by atoms with Crippen LogP contribution in [0.4, 0.5) is 5.82 Å². The summed E-state index contributed by atoms with van der Waals surface area (Å²) in [6.07, 6.45) is 9.61. The minimum absolute atomic E-state index is 0.0105. The predicted octanol–water partition coefficient (Wildman–Crippen LogP) is 3.36. The van der Waals surface area contributed by atoms with Crippen molar-refractivity contribution in [2.24, 2.45) is 0 Å². The van der Waals surface area contributed by atoms with Crippen molar-refractivity contribution in [3.63, 3.8) is 0 Å². The summed E-state index contributed by atoms with van der Waals surface area (Å²) in [6, 6.07) is 3.21. The fourth-order valence-corrected chi connectivity index (χ4v) is 5.52. The Bertz CT molecular complexity index is 1690. The Morgan fingerprint density at radius 1 is 1.03 bits per heavy atom. The molecular weight excluding hydrogens is 504 g/mol. The standard InChI is InChI=1S/C26H28N8O3S/c1-3-38(36,37)19-10-9-17(27-12-19)11-28-24-26(35)34(18-5-4-6-18)25-20(32-24)13-29-23(33-25)21-15(2)30-14-31-22(21)16-7-8-16/h9-10,12-14,16,18H,3-8,11H2,1-2H3,(H,28,32). The molecule has 38 heavy (non-hydrogen) atoms. The Hall–Kier alpha value is -3.80. The summed E-state index contributed by atoms with van der Waals surface area (Å²) in [5, 5.41) is 3.09. The molecule has 0 aromatic carbocycles. The van der Waals surface area contributed by atoms with E-state index in [1.54, 1.807) is 30.1 Å². The first-order chi connectivity index (χ1) is 18.4. The first-order valence-electron chi connectivity index (χ1n) is 12.9. The lowest BCUT2D eigenvalue weighted by atomic mass is 9.93. The van der Waals surface area contributed by atoms with E-state index >= 15 is 0 Å². The van der Waals surface area contributed by atoms with Crippen molar-refractivity contribution in [1.29, 1.82) is 0 Å². The highest BCUT2D eigenvalue weighted by molar-refractivity contribution is 7.91. The molecule has 4 heterocycles. The number of rotatable bonds is 8. The Labute approximate surface area is 219 Å². The van der Waals surface area contributed by atoms with Gasteiger partial charge in [-0.15, -0.1) is 0 Å². The highest BCUT2D eigenvalue weighted by atomic mass is 32.2. The minimum atomic E-state index is -3.33.